The highest BCUT2D eigenvalue weighted by Crippen LogP contribution is 2.16. The molecule has 3 rings (SSSR count). The molecule has 1 aromatic carbocycles. The number of rotatable bonds is 6. The Morgan fingerprint density at radius 3 is 2.58 bits per heavy atom. The Hall–Kier alpha value is -3.48. The van der Waals surface area contributed by atoms with Gasteiger partial charge in [0, 0.05) is 50.6 Å². The van der Waals surface area contributed by atoms with Crippen LogP contribution < -0.4 is 15.5 Å². The smallest absolute Gasteiger partial charge is 0.274 e. The summed E-state index contributed by atoms with van der Waals surface area (Å²) in [4.78, 5) is 26.9. The van der Waals surface area contributed by atoms with Gasteiger partial charge in [-0.2, -0.15) is 0 Å². The summed E-state index contributed by atoms with van der Waals surface area (Å²) in [6.07, 6.45) is 5.04. The number of aromatic nitrogens is 3. The molecule has 2 heterocycles. The van der Waals surface area contributed by atoms with E-state index in [9.17, 15) is 4.79 Å². The highest BCUT2D eigenvalue weighted by Gasteiger charge is 2.09. The zero-order chi connectivity index (χ0) is 18.4. The van der Waals surface area contributed by atoms with Gasteiger partial charge in [0.25, 0.3) is 5.91 Å². The average molecular weight is 348 g/mol. The van der Waals surface area contributed by atoms with E-state index in [1.165, 1.54) is 0 Å². The number of nitrogens with one attached hydrogen (secondary N) is 2. The van der Waals surface area contributed by atoms with E-state index in [4.69, 9.17) is 0 Å². The molecule has 0 unspecified atom stereocenters. The molecule has 0 saturated heterocycles. The van der Waals surface area contributed by atoms with Crippen molar-refractivity contribution in [3.63, 3.8) is 0 Å². The van der Waals surface area contributed by atoms with Crippen LogP contribution in [-0.2, 0) is 6.54 Å². The molecule has 26 heavy (non-hydrogen) atoms. The third-order valence-corrected chi connectivity index (χ3v) is 3.70. The quantitative estimate of drug-likeness (QED) is 0.713. The van der Waals surface area contributed by atoms with Gasteiger partial charge in [0.05, 0.1) is 0 Å². The van der Waals surface area contributed by atoms with E-state index in [1.54, 1.807) is 24.7 Å². The average Bonchev–Trinajstić information content (AvgIpc) is 2.68. The van der Waals surface area contributed by atoms with Gasteiger partial charge in [0.15, 0.2) is 0 Å². The predicted molar refractivity (Wildman–Crippen MR) is 102 cm³/mol. The van der Waals surface area contributed by atoms with Crippen LogP contribution in [0.15, 0.2) is 61.1 Å². The summed E-state index contributed by atoms with van der Waals surface area (Å²) < 4.78 is 0. The summed E-state index contributed by atoms with van der Waals surface area (Å²) in [5.74, 6) is 0.110. The molecule has 0 radical (unpaired) electrons. The lowest BCUT2D eigenvalue weighted by atomic mass is 10.2. The van der Waals surface area contributed by atoms with Crippen molar-refractivity contribution in [2.45, 2.75) is 6.54 Å². The second-order valence-corrected chi connectivity index (χ2v) is 5.88. The lowest BCUT2D eigenvalue weighted by molar-refractivity contribution is 0.102. The van der Waals surface area contributed by atoms with Gasteiger partial charge in [0.2, 0.25) is 5.95 Å². The molecule has 0 atom stereocenters. The lowest BCUT2D eigenvalue weighted by Gasteiger charge is -2.13. The standard InChI is InChI=1S/C19H20N6O/c1-25(2)16-7-5-15(6-8-16)23-18(26)17-9-11-21-19(24-17)22-13-14-4-3-10-20-12-14/h3-12H,13H2,1-2H3,(H,23,26)(H,21,22,24). The summed E-state index contributed by atoms with van der Waals surface area (Å²) in [5, 5.41) is 5.93. The first-order chi connectivity index (χ1) is 12.6. The molecular weight excluding hydrogens is 328 g/mol. The lowest BCUT2D eigenvalue weighted by Crippen LogP contribution is -2.15. The van der Waals surface area contributed by atoms with Crippen LogP contribution in [0.2, 0.25) is 0 Å². The third-order valence-electron chi connectivity index (χ3n) is 3.70. The minimum atomic E-state index is -0.283. The fraction of sp³-hybridized carbons (Fsp3) is 0.158. The molecule has 7 nitrogen and oxygen atoms in total. The van der Waals surface area contributed by atoms with Crippen LogP contribution in [0.5, 0.6) is 0 Å². The van der Waals surface area contributed by atoms with Gasteiger partial charge in [-0.15, -0.1) is 0 Å². The molecule has 7 heteroatoms. The van der Waals surface area contributed by atoms with Crippen LogP contribution in [0.4, 0.5) is 17.3 Å². The van der Waals surface area contributed by atoms with Crippen LogP contribution >= 0.6 is 0 Å². The second-order valence-electron chi connectivity index (χ2n) is 5.88. The summed E-state index contributed by atoms with van der Waals surface area (Å²) >= 11 is 0. The van der Waals surface area contributed by atoms with Crippen molar-refractivity contribution in [2.24, 2.45) is 0 Å². The molecule has 0 bridgehead atoms. The van der Waals surface area contributed by atoms with Gasteiger partial charge in [0.1, 0.15) is 5.69 Å². The number of amides is 1. The van der Waals surface area contributed by atoms with Crippen LogP contribution in [0.1, 0.15) is 16.1 Å². The molecule has 0 aliphatic rings. The summed E-state index contributed by atoms with van der Waals surface area (Å²) in [7, 11) is 3.93. The van der Waals surface area contributed by atoms with E-state index in [2.05, 4.69) is 25.6 Å². The Balaban J connectivity index is 1.64. The SMILES string of the molecule is CN(C)c1ccc(NC(=O)c2ccnc(NCc3cccnc3)n2)cc1. The van der Waals surface area contributed by atoms with E-state index < -0.39 is 0 Å². The van der Waals surface area contributed by atoms with Crippen LogP contribution in [0.3, 0.4) is 0 Å². The topological polar surface area (TPSA) is 83.0 Å². The Morgan fingerprint density at radius 1 is 1.08 bits per heavy atom. The van der Waals surface area contributed by atoms with Gasteiger partial charge in [-0.25, -0.2) is 9.97 Å². The van der Waals surface area contributed by atoms with Gasteiger partial charge in [-0.3, -0.25) is 9.78 Å². The second kappa shape index (κ2) is 8.06. The Labute approximate surface area is 152 Å². The zero-order valence-corrected chi connectivity index (χ0v) is 14.7. The normalized spacial score (nSPS) is 10.2. The Bertz CT molecular complexity index is 865. The maximum atomic E-state index is 12.4. The van der Waals surface area contributed by atoms with Gasteiger partial charge in [-0.05, 0) is 42.0 Å². The number of hydrogen-bond donors (Lipinski definition) is 2. The molecular formula is C19H20N6O. The first-order valence-electron chi connectivity index (χ1n) is 8.16. The number of anilines is 3. The molecule has 1 amide bonds. The number of carbonyl (C=O) groups is 1. The number of benzene rings is 1. The molecule has 0 aliphatic carbocycles. The van der Waals surface area contributed by atoms with Crippen LogP contribution in [0.25, 0.3) is 0 Å². The summed E-state index contributed by atoms with van der Waals surface area (Å²) in [6, 6.07) is 13.0. The van der Waals surface area contributed by atoms with Crippen molar-refractivity contribution < 1.29 is 4.79 Å². The number of hydrogen-bond acceptors (Lipinski definition) is 6. The van der Waals surface area contributed by atoms with E-state index in [1.807, 2.05) is 55.4 Å². The van der Waals surface area contributed by atoms with Crippen LogP contribution in [-0.4, -0.2) is 35.0 Å². The minimum absolute atomic E-state index is 0.283. The van der Waals surface area contributed by atoms with Gasteiger partial charge < -0.3 is 15.5 Å². The Morgan fingerprint density at radius 2 is 1.88 bits per heavy atom. The van der Waals surface area contributed by atoms with Crippen molar-refractivity contribution in [3.05, 3.63) is 72.3 Å². The number of pyridine rings is 1. The van der Waals surface area contributed by atoms with E-state index in [0.29, 0.717) is 23.9 Å². The van der Waals surface area contributed by atoms with E-state index in [0.717, 1.165) is 11.3 Å². The molecule has 0 aliphatic heterocycles. The number of carbonyl (C=O) groups excluding carboxylic acids is 1. The zero-order valence-electron chi connectivity index (χ0n) is 14.7. The molecule has 0 saturated carbocycles. The van der Waals surface area contributed by atoms with Crippen molar-refractivity contribution >= 4 is 23.2 Å². The summed E-state index contributed by atoms with van der Waals surface area (Å²) in [5.41, 5.74) is 3.08. The first-order valence-corrected chi connectivity index (χ1v) is 8.16. The highest BCUT2D eigenvalue weighted by molar-refractivity contribution is 6.03. The molecule has 3 aromatic rings. The number of nitrogens with zero attached hydrogens (tertiary/aromatic N) is 4. The third kappa shape index (κ3) is 4.54. The van der Waals surface area contributed by atoms with Crippen molar-refractivity contribution in [1.29, 1.82) is 0 Å². The van der Waals surface area contributed by atoms with Crippen LogP contribution in [0, 0.1) is 0 Å². The minimum Gasteiger partial charge on any atom is -0.378 e. The largest absolute Gasteiger partial charge is 0.378 e. The van der Waals surface area contributed by atoms with Crippen molar-refractivity contribution in [1.82, 2.24) is 15.0 Å². The highest BCUT2D eigenvalue weighted by atomic mass is 16.1. The fourth-order valence-electron chi connectivity index (χ4n) is 2.29. The van der Waals surface area contributed by atoms with Gasteiger partial charge in [-0.1, -0.05) is 6.07 Å². The first kappa shape index (κ1) is 17.3. The maximum Gasteiger partial charge on any atom is 0.274 e. The monoisotopic (exact) mass is 348 g/mol. The summed E-state index contributed by atoms with van der Waals surface area (Å²) in [6.45, 7) is 0.533. The molecule has 0 fully saturated rings. The molecule has 0 spiro atoms. The van der Waals surface area contributed by atoms with E-state index in [-0.39, 0.29) is 5.91 Å². The van der Waals surface area contributed by atoms with Crippen molar-refractivity contribution in [2.75, 3.05) is 29.6 Å². The molecule has 2 aromatic heterocycles. The predicted octanol–water partition coefficient (Wildman–Crippen LogP) is 2.80. The molecule has 2 N–H and O–H groups in total. The maximum absolute atomic E-state index is 12.4. The fourth-order valence-corrected chi connectivity index (χ4v) is 2.29. The van der Waals surface area contributed by atoms with Gasteiger partial charge >= 0.3 is 0 Å². The van der Waals surface area contributed by atoms with Crippen molar-refractivity contribution in [3.8, 4) is 0 Å². The Kier molecular flexibility index (Phi) is 5.38. The molecule has 132 valence electrons. The van der Waals surface area contributed by atoms with E-state index >= 15 is 0 Å².